The van der Waals surface area contributed by atoms with Crippen LogP contribution in [0.15, 0.2) is 18.2 Å². The minimum Gasteiger partial charge on any atom is -0.481 e. The molecule has 0 unspecified atom stereocenters. The minimum absolute atomic E-state index is 0.206. The molecule has 0 bridgehead atoms. The highest BCUT2D eigenvalue weighted by Crippen LogP contribution is 2.18. The number of hydrogen-bond acceptors (Lipinski definition) is 6. The van der Waals surface area contributed by atoms with E-state index in [1.165, 1.54) is 16.9 Å². The van der Waals surface area contributed by atoms with Gasteiger partial charge in [-0.3, -0.25) is 4.79 Å². The molecule has 7 heteroatoms. The van der Waals surface area contributed by atoms with Crippen molar-refractivity contribution in [3.8, 4) is 5.75 Å². The third-order valence-corrected chi connectivity index (χ3v) is 3.81. The Morgan fingerprint density at radius 2 is 2.14 bits per heavy atom. The Morgan fingerprint density at radius 1 is 1.38 bits per heavy atom. The quantitative estimate of drug-likeness (QED) is 0.879. The van der Waals surface area contributed by atoms with E-state index in [-0.39, 0.29) is 5.91 Å². The van der Waals surface area contributed by atoms with E-state index >= 15 is 0 Å². The van der Waals surface area contributed by atoms with Gasteiger partial charge < -0.3 is 15.8 Å². The molecular formula is C14H18N4O2S. The number of aryl methyl sites for hydroxylation is 2. The van der Waals surface area contributed by atoms with Crippen LogP contribution in [0.25, 0.3) is 0 Å². The number of nitrogen functional groups attached to an aromatic ring is 1. The van der Waals surface area contributed by atoms with Crippen LogP contribution in [0.4, 0.5) is 5.13 Å². The van der Waals surface area contributed by atoms with Crippen LogP contribution in [-0.4, -0.2) is 22.2 Å². The summed E-state index contributed by atoms with van der Waals surface area (Å²) in [6, 6.07) is 5.75. The highest BCUT2D eigenvalue weighted by Gasteiger charge is 2.15. The molecule has 2 rings (SSSR count). The van der Waals surface area contributed by atoms with Crippen molar-refractivity contribution in [3.05, 3.63) is 34.3 Å². The lowest BCUT2D eigenvalue weighted by molar-refractivity contribution is -0.127. The van der Waals surface area contributed by atoms with Crippen LogP contribution in [0.5, 0.6) is 5.75 Å². The third-order valence-electron chi connectivity index (χ3n) is 3.06. The van der Waals surface area contributed by atoms with Gasteiger partial charge in [0.2, 0.25) is 5.13 Å². The van der Waals surface area contributed by atoms with Crippen molar-refractivity contribution in [2.45, 2.75) is 33.4 Å². The molecule has 21 heavy (non-hydrogen) atoms. The molecule has 0 spiro atoms. The summed E-state index contributed by atoms with van der Waals surface area (Å²) >= 11 is 1.25. The number of nitrogens with zero attached hydrogens (tertiary/aromatic N) is 2. The topological polar surface area (TPSA) is 90.1 Å². The van der Waals surface area contributed by atoms with Crippen LogP contribution in [0, 0.1) is 13.8 Å². The second kappa shape index (κ2) is 6.53. The predicted octanol–water partition coefficient (Wildman–Crippen LogP) is 1.82. The molecule has 0 aliphatic rings. The number of ether oxygens (including phenoxy) is 1. The van der Waals surface area contributed by atoms with Gasteiger partial charge in [0.1, 0.15) is 10.8 Å². The number of nitrogens with two attached hydrogens (primary N) is 1. The fourth-order valence-electron chi connectivity index (χ4n) is 1.69. The monoisotopic (exact) mass is 306 g/mol. The van der Waals surface area contributed by atoms with Crippen LogP contribution in [0.3, 0.4) is 0 Å². The number of rotatable bonds is 5. The second-order valence-electron chi connectivity index (χ2n) is 4.76. The maximum Gasteiger partial charge on any atom is 0.261 e. The zero-order valence-corrected chi connectivity index (χ0v) is 13.0. The summed E-state index contributed by atoms with van der Waals surface area (Å²) in [5, 5.41) is 11.3. The van der Waals surface area contributed by atoms with Gasteiger partial charge in [0.15, 0.2) is 6.10 Å². The van der Waals surface area contributed by atoms with E-state index in [1.807, 2.05) is 32.0 Å². The maximum atomic E-state index is 12.0. The lowest BCUT2D eigenvalue weighted by atomic mass is 10.1. The average molecular weight is 306 g/mol. The van der Waals surface area contributed by atoms with Crippen LogP contribution < -0.4 is 15.8 Å². The molecule has 3 N–H and O–H groups in total. The van der Waals surface area contributed by atoms with Gasteiger partial charge in [-0.15, -0.1) is 10.2 Å². The molecule has 112 valence electrons. The molecule has 6 nitrogen and oxygen atoms in total. The first-order valence-corrected chi connectivity index (χ1v) is 7.37. The largest absolute Gasteiger partial charge is 0.481 e. The van der Waals surface area contributed by atoms with E-state index in [9.17, 15) is 4.79 Å². The molecule has 0 fully saturated rings. The van der Waals surface area contributed by atoms with Crippen LogP contribution in [0.1, 0.15) is 23.1 Å². The van der Waals surface area contributed by atoms with E-state index in [4.69, 9.17) is 10.5 Å². The Hall–Kier alpha value is -2.15. The molecule has 1 heterocycles. The molecule has 2 aromatic rings. The standard InChI is InChI=1S/C14H18N4O2S/c1-8-4-5-11(6-9(8)2)20-10(3)13(19)16-7-12-17-18-14(15)21-12/h4-6,10H,7H2,1-3H3,(H2,15,18)(H,16,19)/t10-/m0/s1. The number of nitrogens with one attached hydrogen (secondary N) is 1. The first-order chi connectivity index (χ1) is 9.95. The van der Waals surface area contributed by atoms with Crippen molar-refractivity contribution in [3.63, 3.8) is 0 Å². The highest BCUT2D eigenvalue weighted by molar-refractivity contribution is 7.15. The summed E-state index contributed by atoms with van der Waals surface area (Å²) in [6.07, 6.45) is -0.586. The van der Waals surface area contributed by atoms with E-state index in [1.54, 1.807) is 6.92 Å². The van der Waals surface area contributed by atoms with E-state index in [2.05, 4.69) is 15.5 Å². The summed E-state index contributed by atoms with van der Waals surface area (Å²) in [6.45, 7) is 6.04. The number of carbonyl (C=O) groups is 1. The SMILES string of the molecule is Cc1ccc(O[C@@H](C)C(=O)NCc2nnc(N)s2)cc1C. The smallest absolute Gasteiger partial charge is 0.261 e. The average Bonchev–Trinajstić information content (AvgIpc) is 2.86. The summed E-state index contributed by atoms with van der Waals surface area (Å²) in [5.74, 6) is 0.475. The van der Waals surface area contributed by atoms with Crippen molar-refractivity contribution in [1.82, 2.24) is 15.5 Å². The van der Waals surface area contributed by atoms with Crippen molar-refractivity contribution < 1.29 is 9.53 Å². The lowest BCUT2D eigenvalue weighted by Gasteiger charge is -2.15. The first kappa shape index (κ1) is 15.2. The Kier molecular flexibility index (Phi) is 4.74. The molecule has 1 aromatic carbocycles. The summed E-state index contributed by atoms with van der Waals surface area (Å²) in [7, 11) is 0. The summed E-state index contributed by atoms with van der Waals surface area (Å²) in [4.78, 5) is 12.0. The molecule has 0 aliphatic heterocycles. The third kappa shape index (κ3) is 4.16. The van der Waals surface area contributed by atoms with E-state index in [0.717, 1.165) is 5.56 Å². The Labute approximate surface area is 127 Å². The van der Waals surface area contributed by atoms with Gasteiger partial charge in [-0.05, 0) is 44.0 Å². The Bertz CT molecular complexity index is 642. The predicted molar refractivity (Wildman–Crippen MR) is 82.2 cm³/mol. The van der Waals surface area contributed by atoms with Gasteiger partial charge in [-0.25, -0.2) is 0 Å². The van der Waals surface area contributed by atoms with Crippen LogP contribution in [0.2, 0.25) is 0 Å². The van der Waals surface area contributed by atoms with Gasteiger partial charge in [0, 0.05) is 0 Å². The normalized spacial score (nSPS) is 12.0. The van der Waals surface area contributed by atoms with Gasteiger partial charge in [-0.2, -0.15) is 0 Å². The molecule has 1 atom stereocenters. The van der Waals surface area contributed by atoms with Gasteiger partial charge in [0.05, 0.1) is 6.54 Å². The molecular weight excluding hydrogens is 288 g/mol. The lowest BCUT2D eigenvalue weighted by Crippen LogP contribution is -2.35. The molecule has 1 aromatic heterocycles. The van der Waals surface area contributed by atoms with Gasteiger partial charge in [-0.1, -0.05) is 17.4 Å². The second-order valence-corrected chi connectivity index (χ2v) is 5.85. The molecule has 0 aliphatic carbocycles. The zero-order valence-electron chi connectivity index (χ0n) is 12.2. The number of benzene rings is 1. The Balaban J connectivity index is 1.88. The number of aromatic nitrogens is 2. The summed E-state index contributed by atoms with van der Waals surface area (Å²) in [5.41, 5.74) is 7.80. The minimum atomic E-state index is -0.586. The van der Waals surface area contributed by atoms with E-state index in [0.29, 0.717) is 22.4 Å². The van der Waals surface area contributed by atoms with Crippen molar-refractivity contribution in [2.75, 3.05) is 5.73 Å². The van der Waals surface area contributed by atoms with Crippen molar-refractivity contribution in [1.29, 1.82) is 0 Å². The fraction of sp³-hybridized carbons (Fsp3) is 0.357. The number of anilines is 1. The van der Waals surface area contributed by atoms with Crippen LogP contribution >= 0.6 is 11.3 Å². The molecule has 0 radical (unpaired) electrons. The highest BCUT2D eigenvalue weighted by atomic mass is 32.1. The van der Waals surface area contributed by atoms with Crippen molar-refractivity contribution in [2.24, 2.45) is 0 Å². The van der Waals surface area contributed by atoms with Gasteiger partial charge in [0.25, 0.3) is 5.91 Å². The van der Waals surface area contributed by atoms with E-state index < -0.39 is 6.10 Å². The Morgan fingerprint density at radius 3 is 2.76 bits per heavy atom. The maximum absolute atomic E-state index is 12.0. The summed E-state index contributed by atoms with van der Waals surface area (Å²) < 4.78 is 5.64. The fourth-order valence-corrected chi connectivity index (χ4v) is 2.24. The number of amides is 1. The molecule has 0 saturated carbocycles. The zero-order chi connectivity index (χ0) is 15.4. The molecule has 1 amide bonds. The number of hydrogen-bond donors (Lipinski definition) is 2. The first-order valence-electron chi connectivity index (χ1n) is 6.55. The number of carbonyl (C=O) groups excluding carboxylic acids is 1. The van der Waals surface area contributed by atoms with Crippen LogP contribution in [-0.2, 0) is 11.3 Å². The van der Waals surface area contributed by atoms with Gasteiger partial charge >= 0.3 is 0 Å². The molecule has 0 saturated heterocycles. The van der Waals surface area contributed by atoms with Crippen molar-refractivity contribution >= 4 is 22.4 Å².